The highest BCUT2D eigenvalue weighted by molar-refractivity contribution is 5.88. The molecule has 0 aromatic rings. The molecular formula is C17H32ClN3O3. The minimum Gasteiger partial charge on any atom is -0.378 e. The SMILES string of the molecule is CCC(NC(=O)CC1(CN)CCCCC1)C(=O)N1CCOCC1.Cl. The van der Waals surface area contributed by atoms with Crippen LogP contribution >= 0.6 is 12.4 Å². The van der Waals surface area contributed by atoms with E-state index in [1.807, 2.05) is 6.92 Å². The van der Waals surface area contributed by atoms with Crippen molar-refractivity contribution >= 4 is 24.2 Å². The lowest BCUT2D eigenvalue weighted by molar-refractivity contribution is -0.140. The summed E-state index contributed by atoms with van der Waals surface area (Å²) >= 11 is 0. The van der Waals surface area contributed by atoms with Crippen molar-refractivity contribution in [2.45, 2.75) is 57.9 Å². The Kier molecular flexibility index (Phi) is 9.02. The van der Waals surface area contributed by atoms with Crippen LogP contribution in [0.15, 0.2) is 0 Å². The minimum atomic E-state index is -0.431. The molecule has 2 fully saturated rings. The highest BCUT2D eigenvalue weighted by atomic mass is 35.5. The van der Waals surface area contributed by atoms with E-state index >= 15 is 0 Å². The summed E-state index contributed by atoms with van der Waals surface area (Å²) in [5.74, 6) is -0.0274. The van der Waals surface area contributed by atoms with Crippen molar-refractivity contribution < 1.29 is 14.3 Å². The Morgan fingerprint density at radius 3 is 2.38 bits per heavy atom. The zero-order valence-electron chi connectivity index (χ0n) is 14.7. The van der Waals surface area contributed by atoms with Crippen molar-refractivity contribution in [3.05, 3.63) is 0 Å². The molecule has 1 saturated carbocycles. The van der Waals surface area contributed by atoms with E-state index in [1.54, 1.807) is 4.90 Å². The molecule has 0 radical (unpaired) electrons. The third-order valence-electron chi connectivity index (χ3n) is 5.25. The summed E-state index contributed by atoms with van der Waals surface area (Å²) in [5.41, 5.74) is 5.89. The molecular weight excluding hydrogens is 330 g/mol. The lowest BCUT2D eigenvalue weighted by Crippen LogP contribution is -2.52. The molecule has 0 bridgehead atoms. The predicted octanol–water partition coefficient (Wildman–Crippen LogP) is 1.46. The van der Waals surface area contributed by atoms with Crippen LogP contribution in [0.2, 0.25) is 0 Å². The van der Waals surface area contributed by atoms with Crippen LogP contribution in [-0.2, 0) is 14.3 Å². The summed E-state index contributed by atoms with van der Waals surface area (Å²) in [4.78, 5) is 26.8. The Balaban J connectivity index is 0.00000288. The molecule has 7 heteroatoms. The molecule has 1 aliphatic carbocycles. The van der Waals surface area contributed by atoms with E-state index in [0.29, 0.717) is 45.7 Å². The summed E-state index contributed by atoms with van der Waals surface area (Å²) in [6, 6.07) is -0.431. The van der Waals surface area contributed by atoms with Gasteiger partial charge in [-0.3, -0.25) is 9.59 Å². The number of morpholine rings is 1. The summed E-state index contributed by atoms with van der Waals surface area (Å²) in [5, 5.41) is 2.94. The van der Waals surface area contributed by atoms with Gasteiger partial charge in [-0.1, -0.05) is 26.2 Å². The van der Waals surface area contributed by atoms with Gasteiger partial charge in [-0.2, -0.15) is 0 Å². The number of rotatable bonds is 6. The molecule has 24 heavy (non-hydrogen) atoms. The van der Waals surface area contributed by atoms with Gasteiger partial charge < -0.3 is 20.7 Å². The van der Waals surface area contributed by atoms with Gasteiger partial charge in [0.15, 0.2) is 0 Å². The lowest BCUT2D eigenvalue weighted by atomic mass is 9.71. The Labute approximate surface area is 151 Å². The molecule has 0 spiro atoms. The second-order valence-corrected chi connectivity index (χ2v) is 6.91. The zero-order valence-corrected chi connectivity index (χ0v) is 15.5. The monoisotopic (exact) mass is 361 g/mol. The Bertz CT molecular complexity index is 408. The van der Waals surface area contributed by atoms with Gasteiger partial charge in [0.05, 0.1) is 13.2 Å². The van der Waals surface area contributed by atoms with Crippen molar-refractivity contribution in [2.75, 3.05) is 32.8 Å². The molecule has 1 unspecified atom stereocenters. The van der Waals surface area contributed by atoms with Crippen LogP contribution < -0.4 is 11.1 Å². The fraction of sp³-hybridized carbons (Fsp3) is 0.882. The molecule has 0 aromatic heterocycles. The Morgan fingerprint density at radius 1 is 1.21 bits per heavy atom. The second kappa shape index (κ2) is 10.2. The number of nitrogens with two attached hydrogens (primary N) is 1. The minimum absolute atomic E-state index is 0. The summed E-state index contributed by atoms with van der Waals surface area (Å²) in [6.07, 6.45) is 6.61. The van der Waals surface area contributed by atoms with Crippen LogP contribution in [0.3, 0.4) is 0 Å². The van der Waals surface area contributed by atoms with Gasteiger partial charge in [-0.25, -0.2) is 0 Å². The average Bonchev–Trinajstić information content (AvgIpc) is 2.60. The third kappa shape index (κ3) is 5.60. The molecule has 1 heterocycles. The van der Waals surface area contributed by atoms with E-state index in [0.717, 1.165) is 25.7 Å². The molecule has 6 nitrogen and oxygen atoms in total. The molecule has 3 N–H and O–H groups in total. The normalized spacial score (nSPS) is 21.5. The van der Waals surface area contributed by atoms with E-state index in [4.69, 9.17) is 10.5 Å². The maximum absolute atomic E-state index is 12.5. The van der Waals surface area contributed by atoms with Gasteiger partial charge in [0, 0.05) is 19.5 Å². The molecule has 0 aromatic carbocycles. The molecule has 1 aliphatic heterocycles. The molecule has 2 amide bonds. The Hall–Kier alpha value is -0.850. The number of hydrogen-bond donors (Lipinski definition) is 2. The van der Waals surface area contributed by atoms with E-state index < -0.39 is 6.04 Å². The number of hydrogen-bond acceptors (Lipinski definition) is 4. The molecule has 140 valence electrons. The highest BCUT2D eigenvalue weighted by Gasteiger charge is 2.34. The van der Waals surface area contributed by atoms with Crippen LogP contribution in [0.25, 0.3) is 0 Å². The number of halogens is 1. The fourth-order valence-electron chi connectivity index (χ4n) is 3.68. The maximum atomic E-state index is 12.5. The summed E-state index contributed by atoms with van der Waals surface area (Å²) in [7, 11) is 0. The van der Waals surface area contributed by atoms with E-state index in [1.165, 1.54) is 6.42 Å². The van der Waals surface area contributed by atoms with Gasteiger partial charge in [-0.15, -0.1) is 12.4 Å². The standard InChI is InChI=1S/C17H31N3O3.ClH/c1-2-14(16(22)20-8-10-23-11-9-20)19-15(21)12-17(13-18)6-4-3-5-7-17;/h14H,2-13,18H2,1H3,(H,19,21);1H. The van der Waals surface area contributed by atoms with Gasteiger partial charge in [0.1, 0.15) is 6.04 Å². The van der Waals surface area contributed by atoms with Crippen molar-refractivity contribution in [3.63, 3.8) is 0 Å². The summed E-state index contributed by atoms with van der Waals surface area (Å²) < 4.78 is 5.28. The largest absolute Gasteiger partial charge is 0.378 e. The second-order valence-electron chi connectivity index (χ2n) is 6.91. The molecule has 1 saturated heterocycles. The molecule has 2 aliphatic rings. The van der Waals surface area contributed by atoms with Gasteiger partial charge in [-0.05, 0) is 31.2 Å². The van der Waals surface area contributed by atoms with Crippen LogP contribution in [0.4, 0.5) is 0 Å². The van der Waals surface area contributed by atoms with Gasteiger partial charge in [0.25, 0.3) is 0 Å². The maximum Gasteiger partial charge on any atom is 0.245 e. The van der Waals surface area contributed by atoms with Crippen molar-refractivity contribution in [2.24, 2.45) is 11.1 Å². The van der Waals surface area contributed by atoms with Crippen LogP contribution in [0.5, 0.6) is 0 Å². The number of amides is 2. The number of carbonyl (C=O) groups excluding carboxylic acids is 2. The first-order chi connectivity index (χ1) is 11.1. The first-order valence-corrected chi connectivity index (χ1v) is 8.96. The first kappa shape index (κ1) is 21.2. The van der Waals surface area contributed by atoms with Gasteiger partial charge in [0.2, 0.25) is 11.8 Å². The fourth-order valence-corrected chi connectivity index (χ4v) is 3.68. The van der Waals surface area contributed by atoms with Crippen LogP contribution in [0.1, 0.15) is 51.9 Å². The third-order valence-corrected chi connectivity index (χ3v) is 5.25. The van der Waals surface area contributed by atoms with Crippen molar-refractivity contribution in [1.29, 1.82) is 0 Å². The van der Waals surface area contributed by atoms with Crippen LogP contribution in [0, 0.1) is 5.41 Å². The number of nitrogens with zero attached hydrogens (tertiary/aromatic N) is 1. The lowest BCUT2D eigenvalue weighted by Gasteiger charge is -2.36. The number of nitrogens with one attached hydrogen (secondary N) is 1. The average molecular weight is 362 g/mol. The summed E-state index contributed by atoms with van der Waals surface area (Å²) in [6.45, 7) is 4.85. The number of carbonyl (C=O) groups is 2. The first-order valence-electron chi connectivity index (χ1n) is 8.96. The van der Waals surface area contributed by atoms with E-state index in [9.17, 15) is 9.59 Å². The van der Waals surface area contributed by atoms with Crippen molar-refractivity contribution in [3.8, 4) is 0 Å². The zero-order chi connectivity index (χ0) is 16.7. The van der Waals surface area contributed by atoms with Gasteiger partial charge >= 0.3 is 0 Å². The molecule has 1 atom stereocenters. The van der Waals surface area contributed by atoms with Crippen molar-refractivity contribution in [1.82, 2.24) is 10.2 Å². The smallest absolute Gasteiger partial charge is 0.245 e. The van der Waals surface area contributed by atoms with E-state index in [-0.39, 0.29) is 29.6 Å². The quantitative estimate of drug-likeness (QED) is 0.750. The molecule has 2 rings (SSSR count). The number of ether oxygens (including phenoxy) is 1. The Morgan fingerprint density at radius 2 is 1.83 bits per heavy atom. The highest BCUT2D eigenvalue weighted by Crippen LogP contribution is 2.38. The topological polar surface area (TPSA) is 84.7 Å². The van der Waals surface area contributed by atoms with E-state index in [2.05, 4.69) is 5.32 Å². The predicted molar refractivity (Wildman–Crippen MR) is 96.1 cm³/mol. The van der Waals surface area contributed by atoms with Crippen LogP contribution in [-0.4, -0.2) is 55.6 Å².